The normalized spacial score (nSPS) is 20.0. The van der Waals surface area contributed by atoms with Gasteiger partial charge in [0.05, 0.1) is 12.6 Å². The Bertz CT molecular complexity index is 214. The van der Waals surface area contributed by atoms with Crippen molar-refractivity contribution in [3.05, 3.63) is 0 Å². The van der Waals surface area contributed by atoms with Crippen LogP contribution >= 0.6 is 0 Å². The molecule has 0 spiro atoms. The average Bonchev–Trinajstić information content (AvgIpc) is 2.12. The molecule has 1 aliphatic rings. The molecule has 0 aromatic heterocycles. The first kappa shape index (κ1) is 11.1. The molecule has 1 heterocycles. The van der Waals surface area contributed by atoms with Gasteiger partial charge in [0.25, 0.3) is 0 Å². The molecule has 2 amide bonds. The van der Waals surface area contributed by atoms with Crippen molar-refractivity contribution in [3.63, 3.8) is 0 Å². The number of carbonyl (C=O) groups excluding carboxylic acids is 2. The summed E-state index contributed by atoms with van der Waals surface area (Å²) in [6.07, 6.45) is 0.790. The van der Waals surface area contributed by atoms with Crippen LogP contribution in [-0.2, 0) is 9.59 Å². The first-order valence-corrected chi connectivity index (χ1v) is 4.81. The van der Waals surface area contributed by atoms with Crippen LogP contribution in [0.3, 0.4) is 0 Å². The summed E-state index contributed by atoms with van der Waals surface area (Å²) in [4.78, 5) is 23.8. The van der Waals surface area contributed by atoms with Gasteiger partial charge < -0.3 is 10.4 Å². The third-order valence-corrected chi connectivity index (χ3v) is 2.22. The molecule has 0 saturated carbocycles. The largest absolute Gasteiger partial charge is 0.390 e. The van der Waals surface area contributed by atoms with Crippen LogP contribution in [0.1, 0.15) is 19.3 Å². The molecule has 1 aliphatic heterocycles. The van der Waals surface area contributed by atoms with Gasteiger partial charge in [-0.15, -0.1) is 0 Å². The van der Waals surface area contributed by atoms with E-state index in [1.54, 1.807) is 7.05 Å². The predicted molar refractivity (Wildman–Crippen MR) is 50.5 cm³/mol. The standard InChI is InChI=1S/C9H16N2O3/c1-10-5-7(12)6-11-8(13)3-2-4-9(11)14/h7,10,12H,2-6H2,1H3. The van der Waals surface area contributed by atoms with Crippen LogP contribution in [0.4, 0.5) is 0 Å². The summed E-state index contributed by atoms with van der Waals surface area (Å²) in [6.45, 7) is 0.496. The molecule has 0 radical (unpaired) electrons. The summed E-state index contributed by atoms with van der Waals surface area (Å²) < 4.78 is 0. The lowest BCUT2D eigenvalue weighted by atomic mass is 10.1. The lowest BCUT2D eigenvalue weighted by molar-refractivity contribution is -0.149. The third kappa shape index (κ3) is 2.78. The highest BCUT2D eigenvalue weighted by Crippen LogP contribution is 2.12. The Morgan fingerprint density at radius 2 is 2.00 bits per heavy atom. The second-order valence-electron chi connectivity index (χ2n) is 3.46. The zero-order chi connectivity index (χ0) is 10.6. The molecule has 5 heteroatoms. The minimum Gasteiger partial charge on any atom is -0.390 e. The first-order valence-electron chi connectivity index (χ1n) is 4.81. The molecule has 14 heavy (non-hydrogen) atoms. The minimum atomic E-state index is -0.675. The van der Waals surface area contributed by atoms with E-state index in [1.165, 1.54) is 0 Å². The summed E-state index contributed by atoms with van der Waals surface area (Å²) >= 11 is 0. The Labute approximate surface area is 83.1 Å². The van der Waals surface area contributed by atoms with Crippen molar-refractivity contribution in [2.24, 2.45) is 0 Å². The summed E-state index contributed by atoms with van der Waals surface area (Å²) in [5, 5.41) is 12.2. The maximum atomic E-state index is 11.3. The fraction of sp³-hybridized carbons (Fsp3) is 0.778. The number of piperidine rings is 1. The van der Waals surface area contributed by atoms with E-state index in [1.807, 2.05) is 0 Å². The highest BCUT2D eigenvalue weighted by atomic mass is 16.3. The first-order chi connectivity index (χ1) is 6.65. The number of carbonyl (C=O) groups is 2. The predicted octanol–water partition coefficient (Wildman–Crippen LogP) is -0.894. The molecule has 1 rings (SSSR count). The van der Waals surface area contributed by atoms with E-state index < -0.39 is 6.10 Å². The van der Waals surface area contributed by atoms with E-state index in [-0.39, 0.29) is 18.4 Å². The van der Waals surface area contributed by atoms with Gasteiger partial charge in [-0.25, -0.2) is 0 Å². The van der Waals surface area contributed by atoms with Gasteiger partial charge in [0.1, 0.15) is 0 Å². The van der Waals surface area contributed by atoms with Crippen LogP contribution < -0.4 is 5.32 Å². The highest BCUT2D eigenvalue weighted by molar-refractivity contribution is 5.97. The zero-order valence-electron chi connectivity index (χ0n) is 8.32. The number of likely N-dealkylation sites (tertiary alicyclic amines) is 1. The van der Waals surface area contributed by atoms with Crippen molar-refractivity contribution in [2.75, 3.05) is 20.1 Å². The Morgan fingerprint density at radius 1 is 1.43 bits per heavy atom. The quantitative estimate of drug-likeness (QED) is 0.577. The second-order valence-corrected chi connectivity index (χ2v) is 3.46. The molecule has 0 aromatic carbocycles. The lowest BCUT2D eigenvalue weighted by Crippen LogP contribution is -2.46. The Hall–Kier alpha value is -0.940. The van der Waals surface area contributed by atoms with Crippen LogP contribution in [0, 0.1) is 0 Å². The minimum absolute atomic E-state index is 0.110. The van der Waals surface area contributed by atoms with Crippen LogP contribution in [-0.4, -0.2) is 48.1 Å². The van der Waals surface area contributed by atoms with Crippen molar-refractivity contribution < 1.29 is 14.7 Å². The number of nitrogens with one attached hydrogen (secondary N) is 1. The monoisotopic (exact) mass is 200 g/mol. The summed E-state index contributed by atoms with van der Waals surface area (Å²) in [5.74, 6) is -0.340. The number of aliphatic hydroxyl groups excluding tert-OH is 1. The molecule has 0 bridgehead atoms. The summed E-state index contributed by atoms with van der Waals surface area (Å²) in [5.41, 5.74) is 0. The smallest absolute Gasteiger partial charge is 0.229 e. The number of nitrogens with zero attached hydrogens (tertiary/aromatic N) is 1. The zero-order valence-corrected chi connectivity index (χ0v) is 8.32. The molecular weight excluding hydrogens is 184 g/mol. The number of rotatable bonds is 4. The molecule has 80 valence electrons. The number of likely N-dealkylation sites (N-methyl/N-ethyl adjacent to an activating group) is 1. The van der Waals surface area contributed by atoms with E-state index in [0.29, 0.717) is 25.8 Å². The number of aliphatic hydroxyl groups is 1. The van der Waals surface area contributed by atoms with E-state index in [4.69, 9.17) is 0 Å². The summed E-state index contributed by atoms with van der Waals surface area (Å²) in [7, 11) is 1.71. The highest BCUT2D eigenvalue weighted by Gasteiger charge is 2.27. The fourth-order valence-corrected chi connectivity index (χ4v) is 1.51. The average molecular weight is 200 g/mol. The molecular formula is C9H16N2O3. The molecule has 1 unspecified atom stereocenters. The lowest BCUT2D eigenvalue weighted by Gasteiger charge is -2.26. The van der Waals surface area contributed by atoms with Crippen molar-refractivity contribution >= 4 is 11.8 Å². The number of hydrogen-bond donors (Lipinski definition) is 2. The van der Waals surface area contributed by atoms with Crippen LogP contribution in [0.2, 0.25) is 0 Å². The molecule has 5 nitrogen and oxygen atoms in total. The maximum absolute atomic E-state index is 11.3. The Kier molecular flexibility index (Phi) is 4.03. The number of β-amino-alcohol motifs (C(OH)–C–C–N with tert-alkyl or cyclic N) is 1. The van der Waals surface area contributed by atoms with Gasteiger partial charge in [-0.3, -0.25) is 14.5 Å². The van der Waals surface area contributed by atoms with Crippen molar-refractivity contribution in [1.29, 1.82) is 0 Å². The van der Waals surface area contributed by atoms with Crippen molar-refractivity contribution in [2.45, 2.75) is 25.4 Å². The van der Waals surface area contributed by atoms with E-state index in [9.17, 15) is 14.7 Å². The van der Waals surface area contributed by atoms with Gasteiger partial charge in [-0.2, -0.15) is 0 Å². The number of amides is 2. The van der Waals surface area contributed by atoms with Gasteiger partial charge in [0.15, 0.2) is 0 Å². The second kappa shape index (κ2) is 5.07. The van der Waals surface area contributed by atoms with Gasteiger partial charge >= 0.3 is 0 Å². The van der Waals surface area contributed by atoms with Gasteiger partial charge in [-0.05, 0) is 13.5 Å². The topological polar surface area (TPSA) is 69.6 Å². The molecule has 1 saturated heterocycles. The molecule has 1 fully saturated rings. The Morgan fingerprint density at radius 3 is 2.50 bits per heavy atom. The molecule has 1 atom stereocenters. The van der Waals surface area contributed by atoms with Crippen LogP contribution in [0.25, 0.3) is 0 Å². The van der Waals surface area contributed by atoms with Crippen LogP contribution in [0.15, 0.2) is 0 Å². The van der Waals surface area contributed by atoms with Gasteiger partial charge in [0, 0.05) is 19.4 Å². The van der Waals surface area contributed by atoms with E-state index >= 15 is 0 Å². The molecule has 0 aromatic rings. The van der Waals surface area contributed by atoms with Crippen LogP contribution in [0.5, 0.6) is 0 Å². The number of imide groups is 1. The van der Waals surface area contributed by atoms with E-state index in [2.05, 4.69) is 5.32 Å². The number of hydrogen-bond acceptors (Lipinski definition) is 4. The molecule has 2 N–H and O–H groups in total. The van der Waals surface area contributed by atoms with Gasteiger partial charge in [0.2, 0.25) is 11.8 Å². The SMILES string of the molecule is CNCC(O)CN1C(=O)CCCC1=O. The van der Waals surface area contributed by atoms with Gasteiger partial charge in [-0.1, -0.05) is 0 Å². The third-order valence-electron chi connectivity index (χ3n) is 2.22. The molecule has 0 aliphatic carbocycles. The fourth-order valence-electron chi connectivity index (χ4n) is 1.51. The van der Waals surface area contributed by atoms with Crippen molar-refractivity contribution in [3.8, 4) is 0 Å². The summed E-state index contributed by atoms with van der Waals surface area (Å²) in [6, 6.07) is 0. The van der Waals surface area contributed by atoms with E-state index in [0.717, 1.165) is 4.90 Å². The Balaban J connectivity index is 2.47. The van der Waals surface area contributed by atoms with Crippen molar-refractivity contribution in [1.82, 2.24) is 10.2 Å². The maximum Gasteiger partial charge on any atom is 0.229 e.